The largest absolute Gasteiger partial charge is 0.301 e. The summed E-state index contributed by atoms with van der Waals surface area (Å²) >= 11 is 0. The molecule has 0 saturated carbocycles. The van der Waals surface area contributed by atoms with E-state index < -0.39 is 0 Å². The van der Waals surface area contributed by atoms with Crippen LogP contribution in [-0.4, -0.2) is 48.6 Å². The van der Waals surface area contributed by atoms with Crippen molar-refractivity contribution in [2.75, 3.05) is 32.7 Å². The first kappa shape index (κ1) is 11.4. The van der Waals surface area contributed by atoms with Crippen LogP contribution in [0.5, 0.6) is 0 Å². The lowest BCUT2D eigenvalue weighted by Crippen LogP contribution is -2.50. The zero-order valence-corrected chi connectivity index (χ0v) is 10.2. The van der Waals surface area contributed by atoms with Crippen LogP contribution in [-0.2, 0) is 0 Å². The normalized spacial score (nSPS) is 28.2. The standard InChI is InChI=1S/C13H26N2/c1-2-3-4-5-8-14-10-11-15-9-6-7-13(15)12-14/h13H,2-12H2,1H3. The Kier molecular flexibility index (Phi) is 4.45. The molecule has 15 heavy (non-hydrogen) atoms. The predicted octanol–water partition coefficient (Wildman–Crippen LogP) is 2.35. The van der Waals surface area contributed by atoms with Gasteiger partial charge in [0.25, 0.3) is 0 Å². The van der Waals surface area contributed by atoms with Crippen molar-refractivity contribution < 1.29 is 0 Å². The maximum Gasteiger partial charge on any atom is 0.0224 e. The van der Waals surface area contributed by atoms with E-state index in [1.165, 1.54) is 71.2 Å². The number of nitrogens with zero attached hydrogens (tertiary/aromatic N) is 2. The highest BCUT2D eigenvalue weighted by Crippen LogP contribution is 2.21. The van der Waals surface area contributed by atoms with E-state index in [1.807, 2.05) is 0 Å². The lowest BCUT2D eigenvalue weighted by molar-refractivity contribution is 0.103. The summed E-state index contributed by atoms with van der Waals surface area (Å²) in [6.45, 7) is 9.02. The van der Waals surface area contributed by atoms with E-state index in [-0.39, 0.29) is 0 Å². The summed E-state index contributed by atoms with van der Waals surface area (Å²) in [5, 5.41) is 0. The molecule has 0 aromatic heterocycles. The number of piperazine rings is 1. The first-order valence-corrected chi connectivity index (χ1v) is 6.86. The van der Waals surface area contributed by atoms with Gasteiger partial charge in [0.15, 0.2) is 0 Å². The molecule has 2 fully saturated rings. The monoisotopic (exact) mass is 210 g/mol. The summed E-state index contributed by atoms with van der Waals surface area (Å²) in [5.74, 6) is 0. The average Bonchev–Trinajstić information content (AvgIpc) is 2.71. The Balaban J connectivity index is 1.62. The third-order valence-corrected chi connectivity index (χ3v) is 4.00. The summed E-state index contributed by atoms with van der Waals surface area (Å²) in [5.41, 5.74) is 0. The van der Waals surface area contributed by atoms with Crippen LogP contribution in [0.3, 0.4) is 0 Å². The molecule has 0 radical (unpaired) electrons. The molecule has 2 aliphatic heterocycles. The molecular weight excluding hydrogens is 184 g/mol. The molecule has 0 bridgehead atoms. The van der Waals surface area contributed by atoms with Crippen LogP contribution in [0.1, 0.15) is 45.4 Å². The van der Waals surface area contributed by atoms with Crippen molar-refractivity contribution in [2.45, 2.75) is 51.5 Å². The van der Waals surface area contributed by atoms with Gasteiger partial charge in [-0.1, -0.05) is 26.2 Å². The summed E-state index contributed by atoms with van der Waals surface area (Å²) in [6, 6.07) is 0.907. The highest BCUT2D eigenvalue weighted by atomic mass is 15.3. The molecule has 0 spiro atoms. The van der Waals surface area contributed by atoms with Gasteiger partial charge in [-0.2, -0.15) is 0 Å². The molecule has 1 atom stereocenters. The molecule has 88 valence electrons. The number of hydrogen-bond donors (Lipinski definition) is 0. The van der Waals surface area contributed by atoms with Crippen LogP contribution >= 0.6 is 0 Å². The van der Waals surface area contributed by atoms with Gasteiger partial charge in [0.2, 0.25) is 0 Å². The molecule has 2 nitrogen and oxygen atoms in total. The van der Waals surface area contributed by atoms with E-state index in [0.717, 1.165) is 6.04 Å². The van der Waals surface area contributed by atoms with Gasteiger partial charge in [0, 0.05) is 25.7 Å². The molecule has 2 saturated heterocycles. The van der Waals surface area contributed by atoms with Gasteiger partial charge in [-0.3, -0.25) is 4.90 Å². The quantitative estimate of drug-likeness (QED) is 0.643. The van der Waals surface area contributed by atoms with E-state index in [2.05, 4.69) is 16.7 Å². The van der Waals surface area contributed by atoms with E-state index in [9.17, 15) is 0 Å². The Morgan fingerprint density at radius 1 is 1.07 bits per heavy atom. The molecule has 2 heteroatoms. The third kappa shape index (κ3) is 3.18. The number of unbranched alkanes of at least 4 members (excludes halogenated alkanes) is 3. The first-order chi connectivity index (χ1) is 7.40. The van der Waals surface area contributed by atoms with Gasteiger partial charge in [-0.15, -0.1) is 0 Å². The summed E-state index contributed by atoms with van der Waals surface area (Å²) < 4.78 is 0. The molecule has 2 heterocycles. The van der Waals surface area contributed by atoms with Crippen LogP contribution in [0, 0.1) is 0 Å². The molecule has 2 aliphatic rings. The maximum atomic E-state index is 2.70. The Hall–Kier alpha value is -0.0800. The summed E-state index contributed by atoms with van der Waals surface area (Å²) in [4.78, 5) is 5.39. The molecule has 0 aliphatic carbocycles. The lowest BCUT2D eigenvalue weighted by Gasteiger charge is -2.37. The molecule has 0 amide bonds. The van der Waals surface area contributed by atoms with Crippen molar-refractivity contribution in [3.8, 4) is 0 Å². The van der Waals surface area contributed by atoms with Crippen molar-refractivity contribution in [3.05, 3.63) is 0 Å². The fraction of sp³-hybridized carbons (Fsp3) is 1.00. The van der Waals surface area contributed by atoms with E-state index in [4.69, 9.17) is 0 Å². The van der Waals surface area contributed by atoms with Crippen molar-refractivity contribution in [2.24, 2.45) is 0 Å². The average molecular weight is 210 g/mol. The number of rotatable bonds is 5. The minimum absolute atomic E-state index is 0.907. The van der Waals surface area contributed by atoms with Crippen molar-refractivity contribution in [1.82, 2.24) is 9.80 Å². The molecule has 2 rings (SSSR count). The van der Waals surface area contributed by atoms with Gasteiger partial charge in [0.1, 0.15) is 0 Å². The molecule has 1 unspecified atom stereocenters. The topological polar surface area (TPSA) is 6.48 Å². The van der Waals surface area contributed by atoms with Crippen LogP contribution in [0.2, 0.25) is 0 Å². The lowest BCUT2D eigenvalue weighted by atomic mass is 10.1. The zero-order valence-electron chi connectivity index (χ0n) is 10.2. The fourth-order valence-electron chi connectivity index (χ4n) is 3.02. The highest BCUT2D eigenvalue weighted by molar-refractivity contribution is 4.86. The molecule has 0 aromatic rings. The van der Waals surface area contributed by atoms with Crippen molar-refractivity contribution >= 4 is 0 Å². The van der Waals surface area contributed by atoms with Crippen molar-refractivity contribution in [1.29, 1.82) is 0 Å². The van der Waals surface area contributed by atoms with Gasteiger partial charge in [0.05, 0.1) is 0 Å². The molecular formula is C13H26N2. The van der Waals surface area contributed by atoms with Gasteiger partial charge < -0.3 is 4.90 Å². The SMILES string of the molecule is CCCCCCN1CCN2CCCC2C1. The minimum Gasteiger partial charge on any atom is -0.301 e. The first-order valence-electron chi connectivity index (χ1n) is 6.86. The maximum absolute atomic E-state index is 2.70. The smallest absolute Gasteiger partial charge is 0.0224 e. The number of fused-ring (bicyclic) bond motifs is 1. The van der Waals surface area contributed by atoms with Crippen LogP contribution < -0.4 is 0 Å². The minimum atomic E-state index is 0.907. The van der Waals surface area contributed by atoms with Gasteiger partial charge in [-0.05, 0) is 32.4 Å². The van der Waals surface area contributed by atoms with E-state index >= 15 is 0 Å². The Morgan fingerprint density at radius 2 is 2.00 bits per heavy atom. The second-order valence-corrected chi connectivity index (χ2v) is 5.19. The second-order valence-electron chi connectivity index (χ2n) is 5.19. The van der Waals surface area contributed by atoms with Gasteiger partial charge >= 0.3 is 0 Å². The molecule has 0 N–H and O–H groups in total. The Bertz CT molecular complexity index is 181. The van der Waals surface area contributed by atoms with Crippen molar-refractivity contribution in [3.63, 3.8) is 0 Å². The van der Waals surface area contributed by atoms with Crippen LogP contribution in [0.25, 0.3) is 0 Å². The molecule has 0 aromatic carbocycles. The Morgan fingerprint density at radius 3 is 2.87 bits per heavy atom. The summed E-state index contributed by atoms with van der Waals surface area (Å²) in [6.07, 6.45) is 8.52. The van der Waals surface area contributed by atoms with Crippen LogP contribution in [0.4, 0.5) is 0 Å². The second kappa shape index (κ2) is 5.86. The fourth-order valence-corrected chi connectivity index (χ4v) is 3.02. The highest BCUT2D eigenvalue weighted by Gasteiger charge is 2.29. The van der Waals surface area contributed by atoms with Crippen LogP contribution in [0.15, 0.2) is 0 Å². The number of hydrogen-bond acceptors (Lipinski definition) is 2. The van der Waals surface area contributed by atoms with E-state index in [1.54, 1.807) is 0 Å². The third-order valence-electron chi connectivity index (χ3n) is 4.00. The van der Waals surface area contributed by atoms with E-state index in [0.29, 0.717) is 0 Å². The zero-order chi connectivity index (χ0) is 10.5. The van der Waals surface area contributed by atoms with Gasteiger partial charge in [-0.25, -0.2) is 0 Å². The Labute approximate surface area is 94.6 Å². The predicted molar refractivity (Wildman–Crippen MR) is 65.2 cm³/mol. The summed E-state index contributed by atoms with van der Waals surface area (Å²) in [7, 11) is 0.